The number of nitrogen functional groups attached to an aromatic ring is 1. The number of anilines is 2. The molecule has 2 aromatic rings. The minimum atomic E-state index is -0.632. The van der Waals surface area contributed by atoms with Crippen molar-refractivity contribution in [3.8, 4) is 11.5 Å². The van der Waals surface area contributed by atoms with Gasteiger partial charge < -0.3 is 15.2 Å². The first-order chi connectivity index (χ1) is 11.5. The number of halogens is 2. The summed E-state index contributed by atoms with van der Waals surface area (Å²) in [6.45, 7) is 5.32. The molecule has 0 unspecified atom stereocenters. The normalized spacial score (nSPS) is 11.1. The SMILES string of the molecule is CN(C(=O)OC(C)(C)C)c1cc(Oc2cc(F)cc(Cl)c2)ccc1N. The summed E-state index contributed by atoms with van der Waals surface area (Å²) in [5.41, 5.74) is 6.10. The van der Waals surface area contributed by atoms with Crippen LogP contribution in [-0.2, 0) is 4.74 Å². The van der Waals surface area contributed by atoms with Gasteiger partial charge in [-0.1, -0.05) is 11.6 Å². The van der Waals surface area contributed by atoms with Crippen LogP contribution in [0.3, 0.4) is 0 Å². The molecule has 2 N–H and O–H groups in total. The van der Waals surface area contributed by atoms with E-state index in [9.17, 15) is 9.18 Å². The van der Waals surface area contributed by atoms with E-state index in [2.05, 4.69) is 0 Å². The summed E-state index contributed by atoms with van der Waals surface area (Å²) < 4.78 is 24.3. The third kappa shape index (κ3) is 5.26. The second kappa shape index (κ2) is 7.19. The summed E-state index contributed by atoms with van der Waals surface area (Å²) in [6.07, 6.45) is -0.551. The molecule has 0 aliphatic heterocycles. The Kier molecular flexibility index (Phi) is 5.42. The van der Waals surface area contributed by atoms with Gasteiger partial charge in [0.25, 0.3) is 0 Å². The molecule has 0 fully saturated rings. The van der Waals surface area contributed by atoms with Crippen LogP contribution in [0.5, 0.6) is 11.5 Å². The van der Waals surface area contributed by atoms with Crippen molar-refractivity contribution in [1.29, 1.82) is 0 Å². The molecule has 1 amide bonds. The van der Waals surface area contributed by atoms with Crippen molar-refractivity contribution in [2.75, 3.05) is 17.7 Å². The van der Waals surface area contributed by atoms with Crippen molar-refractivity contribution in [3.63, 3.8) is 0 Å². The fourth-order valence-electron chi connectivity index (χ4n) is 2.03. The van der Waals surface area contributed by atoms with Gasteiger partial charge in [0.05, 0.1) is 11.4 Å². The molecule has 25 heavy (non-hydrogen) atoms. The Bertz CT molecular complexity index is 770. The van der Waals surface area contributed by atoms with Crippen LogP contribution < -0.4 is 15.4 Å². The molecule has 0 heterocycles. The van der Waals surface area contributed by atoms with Crippen LogP contribution >= 0.6 is 11.6 Å². The van der Waals surface area contributed by atoms with Gasteiger partial charge in [0.1, 0.15) is 22.9 Å². The average molecular weight is 367 g/mol. The Labute approximate surface area is 151 Å². The lowest BCUT2D eigenvalue weighted by molar-refractivity contribution is 0.0589. The van der Waals surface area contributed by atoms with Gasteiger partial charge in [-0.15, -0.1) is 0 Å². The number of nitrogens with zero attached hydrogens (tertiary/aromatic N) is 1. The van der Waals surface area contributed by atoms with Gasteiger partial charge in [0, 0.05) is 24.2 Å². The lowest BCUT2D eigenvalue weighted by Crippen LogP contribution is -2.34. The minimum absolute atomic E-state index is 0.219. The van der Waals surface area contributed by atoms with Crippen LogP contribution in [0.2, 0.25) is 5.02 Å². The molecule has 0 aromatic heterocycles. The van der Waals surface area contributed by atoms with E-state index in [0.29, 0.717) is 17.1 Å². The van der Waals surface area contributed by atoms with Crippen LogP contribution in [0.4, 0.5) is 20.6 Å². The fourth-order valence-corrected chi connectivity index (χ4v) is 2.24. The van der Waals surface area contributed by atoms with E-state index in [-0.39, 0.29) is 10.8 Å². The molecule has 5 nitrogen and oxygen atoms in total. The number of nitrogens with two attached hydrogens (primary N) is 1. The lowest BCUT2D eigenvalue weighted by Gasteiger charge is -2.25. The number of ether oxygens (including phenoxy) is 2. The minimum Gasteiger partial charge on any atom is -0.457 e. The summed E-state index contributed by atoms with van der Waals surface area (Å²) in [5.74, 6) is 0.103. The zero-order valence-corrected chi connectivity index (χ0v) is 15.2. The number of carbonyl (C=O) groups excluding carboxylic acids is 1. The van der Waals surface area contributed by atoms with E-state index in [0.717, 1.165) is 0 Å². The highest BCUT2D eigenvalue weighted by atomic mass is 35.5. The number of hydrogen-bond acceptors (Lipinski definition) is 4. The highest BCUT2D eigenvalue weighted by Gasteiger charge is 2.22. The average Bonchev–Trinajstić information content (AvgIpc) is 2.45. The largest absolute Gasteiger partial charge is 0.457 e. The van der Waals surface area contributed by atoms with Gasteiger partial charge in [-0.2, -0.15) is 0 Å². The first-order valence-electron chi connectivity index (χ1n) is 7.55. The maximum absolute atomic E-state index is 13.4. The van der Waals surface area contributed by atoms with E-state index in [1.165, 1.54) is 23.1 Å². The highest BCUT2D eigenvalue weighted by Crippen LogP contribution is 2.32. The first kappa shape index (κ1) is 18.9. The second-order valence-electron chi connectivity index (χ2n) is 6.47. The van der Waals surface area contributed by atoms with Gasteiger partial charge >= 0.3 is 6.09 Å². The summed E-state index contributed by atoms with van der Waals surface area (Å²) >= 11 is 5.82. The van der Waals surface area contributed by atoms with Gasteiger partial charge in [0.2, 0.25) is 0 Å². The van der Waals surface area contributed by atoms with Gasteiger partial charge in [0.15, 0.2) is 0 Å². The lowest BCUT2D eigenvalue weighted by atomic mass is 10.2. The van der Waals surface area contributed by atoms with Crippen molar-refractivity contribution in [2.45, 2.75) is 26.4 Å². The predicted molar refractivity (Wildman–Crippen MR) is 97.0 cm³/mol. The number of carbonyl (C=O) groups is 1. The molecule has 2 rings (SSSR count). The summed E-state index contributed by atoms with van der Waals surface area (Å²) in [4.78, 5) is 13.5. The molecule has 0 aliphatic rings. The Morgan fingerprint density at radius 2 is 1.84 bits per heavy atom. The van der Waals surface area contributed by atoms with E-state index in [1.807, 2.05) is 0 Å². The zero-order chi connectivity index (χ0) is 18.8. The third-order valence-electron chi connectivity index (χ3n) is 3.10. The van der Waals surface area contributed by atoms with Crippen LogP contribution in [0.15, 0.2) is 36.4 Å². The fraction of sp³-hybridized carbons (Fsp3) is 0.278. The molecular formula is C18H20ClFN2O3. The zero-order valence-electron chi connectivity index (χ0n) is 14.5. The number of benzene rings is 2. The van der Waals surface area contributed by atoms with Gasteiger partial charge in [-0.25, -0.2) is 9.18 Å². The summed E-state index contributed by atoms with van der Waals surface area (Å²) in [6, 6.07) is 8.64. The number of rotatable bonds is 3. The third-order valence-corrected chi connectivity index (χ3v) is 3.32. The maximum Gasteiger partial charge on any atom is 0.414 e. The molecule has 0 aliphatic carbocycles. The van der Waals surface area contributed by atoms with Crippen LogP contribution in [0.25, 0.3) is 0 Å². The van der Waals surface area contributed by atoms with Crippen molar-refractivity contribution >= 4 is 29.1 Å². The van der Waals surface area contributed by atoms with Crippen molar-refractivity contribution in [3.05, 3.63) is 47.2 Å². The summed E-state index contributed by atoms with van der Waals surface area (Å²) in [7, 11) is 1.54. The molecule has 0 radical (unpaired) electrons. The quantitative estimate of drug-likeness (QED) is 0.756. The smallest absolute Gasteiger partial charge is 0.414 e. The van der Waals surface area contributed by atoms with Gasteiger partial charge in [-0.05, 0) is 45.0 Å². The Morgan fingerprint density at radius 3 is 2.44 bits per heavy atom. The van der Waals surface area contributed by atoms with Crippen LogP contribution in [0, 0.1) is 5.82 Å². The molecule has 134 valence electrons. The van der Waals surface area contributed by atoms with Gasteiger partial charge in [-0.3, -0.25) is 4.90 Å². The van der Waals surface area contributed by atoms with E-state index in [1.54, 1.807) is 46.0 Å². The van der Waals surface area contributed by atoms with E-state index < -0.39 is 17.5 Å². The first-order valence-corrected chi connectivity index (χ1v) is 7.93. The molecule has 0 saturated heterocycles. The van der Waals surface area contributed by atoms with Crippen molar-refractivity contribution < 1.29 is 18.7 Å². The molecule has 7 heteroatoms. The van der Waals surface area contributed by atoms with E-state index in [4.69, 9.17) is 26.8 Å². The topological polar surface area (TPSA) is 64.8 Å². The second-order valence-corrected chi connectivity index (χ2v) is 6.90. The van der Waals surface area contributed by atoms with Crippen LogP contribution in [0.1, 0.15) is 20.8 Å². The maximum atomic E-state index is 13.4. The predicted octanol–water partition coefficient (Wildman–Crippen LogP) is 5.22. The van der Waals surface area contributed by atoms with E-state index >= 15 is 0 Å². The number of amides is 1. The Hall–Kier alpha value is -2.47. The molecule has 0 spiro atoms. The van der Waals surface area contributed by atoms with Crippen LogP contribution in [-0.4, -0.2) is 18.7 Å². The standard InChI is InChI=1S/C18H20ClFN2O3/c1-18(2,3)25-17(23)22(4)16-10-13(5-6-15(16)21)24-14-8-11(19)7-12(20)9-14/h5-10H,21H2,1-4H3. The number of hydrogen-bond donors (Lipinski definition) is 1. The monoisotopic (exact) mass is 366 g/mol. The highest BCUT2D eigenvalue weighted by molar-refractivity contribution is 6.30. The Morgan fingerprint density at radius 1 is 1.16 bits per heavy atom. The van der Waals surface area contributed by atoms with Crippen molar-refractivity contribution in [2.24, 2.45) is 0 Å². The Balaban J connectivity index is 2.26. The molecule has 2 aromatic carbocycles. The molecule has 0 saturated carbocycles. The van der Waals surface area contributed by atoms with Crippen molar-refractivity contribution in [1.82, 2.24) is 0 Å². The molecular weight excluding hydrogens is 347 g/mol. The molecule has 0 bridgehead atoms. The summed E-state index contributed by atoms with van der Waals surface area (Å²) in [5, 5.41) is 0.219. The molecule has 0 atom stereocenters.